The van der Waals surface area contributed by atoms with E-state index in [0.29, 0.717) is 19.3 Å². The van der Waals surface area contributed by atoms with E-state index in [1.54, 1.807) is 0 Å². The Morgan fingerprint density at radius 3 is 0.942 bits per heavy atom. The average Bonchev–Trinajstić information content (AvgIpc) is 3.35. The zero-order valence-corrected chi connectivity index (χ0v) is 44.8. The summed E-state index contributed by atoms with van der Waals surface area (Å²) in [7, 11) is 0. The van der Waals surface area contributed by atoms with Crippen LogP contribution in [0, 0.1) is 0 Å². The van der Waals surface area contributed by atoms with Crippen LogP contribution in [-0.2, 0) is 28.6 Å². The van der Waals surface area contributed by atoms with Crippen molar-refractivity contribution in [3.63, 3.8) is 0 Å². The Morgan fingerprint density at radius 1 is 0.290 bits per heavy atom. The molecule has 0 fully saturated rings. The van der Waals surface area contributed by atoms with Crippen LogP contribution in [0.2, 0.25) is 0 Å². The third kappa shape index (κ3) is 54.9. The quantitative estimate of drug-likeness (QED) is 0.0262. The maximum atomic E-state index is 12.8. The molecule has 0 N–H and O–H groups in total. The fourth-order valence-electron chi connectivity index (χ4n) is 7.48. The van der Waals surface area contributed by atoms with Crippen molar-refractivity contribution in [1.29, 1.82) is 0 Å². The second-order valence-corrected chi connectivity index (χ2v) is 18.5. The molecule has 0 unspecified atom stereocenters. The monoisotopic (exact) mass is 957 g/mol. The molecule has 0 amide bonds. The number of carbonyl (C=O) groups excluding carboxylic acids is 3. The second-order valence-electron chi connectivity index (χ2n) is 18.5. The molecular formula is C63H104O6. The van der Waals surface area contributed by atoms with Crippen LogP contribution in [0.3, 0.4) is 0 Å². The third-order valence-corrected chi connectivity index (χ3v) is 11.8. The first-order valence-corrected chi connectivity index (χ1v) is 28.4. The maximum absolute atomic E-state index is 12.8. The lowest BCUT2D eigenvalue weighted by Gasteiger charge is -2.18. The molecule has 0 saturated heterocycles. The van der Waals surface area contributed by atoms with Crippen molar-refractivity contribution >= 4 is 17.9 Å². The zero-order chi connectivity index (χ0) is 50.0. The summed E-state index contributed by atoms with van der Waals surface area (Å²) in [6.45, 7) is 6.48. The van der Waals surface area contributed by atoms with E-state index < -0.39 is 6.10 Å². The number of unbranched alkanes of at least 4 members (excludes halogenated alkanes) is 21. The number of carbonyl (C=O) groups is 3. The molecule has 0 bridgehead atoms. The highest BCUT2D eigenvalue weighted by molar-refractivity contribution is 5.71. The van der Waals surface area contributed by atoms with Gasteiger partial charge in [0, 0.05) is 19.3 Å². The Balaban J connectivity index is 4.58. The molecule has 0 heterocycles. The van der Waals surface area contributed by atoms with Gasteiger partial charge in [-0.15, -0.1) is 0 Å². The van der Waals surface area contributed by atoms with Gasteiger partial charge in [-0.3, -0.25) is 14.4 Å². The Morgan fingerprint density at radius 2 is 0.565 bits per heavy atom. The smallest absolute Gasteiger partial charge is 0.306 e. The minimum Gasteiger partial charge on any atom is -0.462 e. The highest BCUT2D eigenvalue weighted by Gasteiger charge is 2.19. The van der Waals surface area contributed by atoms with Gasteiger partial charge < -0.3 is 14.2 Å². The van der Waals surface area contributed by atoms with Crippen LogP contribution in [-0.4, -0.2) is 37.2 Å². The largest absolute Gasteiger partial charge is 0.462 e. The molecule has 69 heavy (non-hydrogen) atoms. The Kier molecular flexibility index (Phi) is 53.4. The predicted molar refractivity (Wildman–Crippen MR) is 297 cm³/mol. The van der Waals surface area contributed by atoms with Crippen LogP contribution in [0.25, 0.3) is 0 Å². The lowest BCUT2D eigenvalue weighted by atomic mass is 10.0. The van der Waals surface area contributed by atoms with E-state index >= 15 is 0 Å². The van der Waals surface area contributed by atoms with Gasteiger partial charge in [0.15, 0.2) is 6.10 Å². The maximum Gasteiger partial charge on any atom is 0.306 e. The minimum absolute atomic E-state index is 0.122. The first kappa shape index (κ1) is 65.1. The molecule has 392 valence electrons. The summed E-state index contributed by atoms with van der Waals surface area (Å²) in [5.74, 6) is -1.06. The van der Waals surface area contributed by atoms with Gasteiger partial charge in [0.25, 0.3) is 0 Å². The van der Waals surface area contributed by atoms with Gasteiger partial charge in [0.05, 0.1) is 0 Å². The Bertz CT molecular complexity index is 1420. The van der Waals surface area contributed by atoms with E-state index in [9.17, 15) is 14.4 Å². The van der Waals surface area contributed by atoms with E-state index in [4.69, 9.17) is 14.2 Å². The average molecular weight is 958 g/mol. The zero-order valence-electron chi connectivity index (χ0n) is 44.8. The lowest BCUT2D eigenvalue weighted by Crippen LogP contribution is -2.30. The number of hydrogen-bond acceptors (Lipinski definition) is 6. The molecule has 0 aromatic carbocycles. The van der Waals surface area contributed by atoms with Crippen LogP contribution in [0.1, 0.15) is 252 Å². The summed E-state index contributed by atoms with van der Waals surface area (Å²) in [4.78, 5) is 38.1. The van der Waals surface area contributed by atoms with Crippen LogP contribution in [0.15, 0.2) is 109 Å². The molecule has 0 aliphatic heterocycles. The highest BCUT2D eigenvalue weighted by atomic mass is 16.6. The summed E-state index contributed by atoms with van der Waals surface area (Å²) < 4.78 is 16.7. The molecule has 0 saturated carbocycles. The van der Waals surface area contributed by atoms with Crippen LogP contribution in [0.4, 0.5) is 0 Å². The number of hydrogen-bond donors (Lipinski definition) is 0. The fourth-order valence-corrected chi connectivity index (χ4v) is 7.48. The molecule has 1 atom stereocenters. The number of rotatable bonds is 50. The van der Waals surface area contributed by atoms with Gasteiger partial charge >= 0.3 is 17.9 Å². The molecule has 0 spiro atoms. The summed E-state index contributed by atoms with van der Waals surface area (Å²) >= 11 is 0. The van der Waals surface area contributed by atoms with Gasteiger partial charge in [0.1, 0.15) is 13.2 Å². The van der Waals surface area contributed by atoms with E-state index in [1.165, 1.54) is 128 Å². The van der Waals surface area contributed by atoms with Crippen LogP contribution in [0.5, 0.6) is 0 Å². The standard InChI is InChI=1S/C63H104O6/c1-4-7-10-13-16-19-22-25-28-30-31-33-35-38-41-44-47-50-53-56-62(65)68-59-60(58-67-61(64)55-52-49-46-43-40-37-34-27-24-21-18-15-12-9-6-3)69-63(66)57-54-51-48-45-42-39-36-32-29-26-23-20-17-14-11-8-5-2/h16-17,19-20,25-26,28-29,31,33,36,38-39,41,45,47-48,50,60H,4-15,18,21-24,27,30,32,34-35,37,40,42-44,46,49,51-59H2,1-3H3/b19-16-,20-17-,28-25-,29-26-,33-31-,39-36-,41-38-,48-45-,50-47-/t60-/m0/s1. The van der Waals surface area contributed by atoms with Gasteiger partial charge in [-0.25, -0.2) is 0 Å². The summed E-state index contributed by atoms with van der Waals surface area (Å²) in [6.07, 6.45) is 76.6. The molecule has 0 rings (SSSR count). The molecule has 0 radical (unpaired) electrons. The van der Waals surface area contributed by atoms with Gasteiger partial charge in [-0.05, 0) is 96.3 Å². The van der Waals surface area contributed by atoms with Crippen molar-refractivity contribution in [1.82, 2.24) is 0 Å². The van der Waals surface area contributed by atoms with Crippen molar-refractivity contribution in [2.24, 2.45) is 0 Å². The van der Waals surface area contributed by atoms with Gasteiger partial charge in [-0.2, -0.15) is 0 Å². The summed E-state index contributed by atoms with van der Waals surface area (Å²) in [6, 6.07) is 0. The highest BCUT2D eigenvalue weighted by Crippen LogP contribution is 2.15. The van der Waals surface area contributed by atoms with Crippen molar-refractivity contribution in [2.75, 3.05) is 13.2 Å². The van der Waals surface area contributed by atoms with Crippen molar-refractivity contribution < 1.29 is 28.6 Å². The molecule has 0 aliphatic carbocycles. The van der Waals surface area contributed by atoms with Gasteiger partial charge in [-0.1, -0.05) is 246 Å². The van der Waals surface area contributed by atoms with Crippen molar-refractivity contribution in [3.05, 3.63) is 109 Å². The second kappa shape index (κ2) is 56.7. The number of allylic oxidation sites excluding steroid dienone is 18. The van der Waals surface area contributed by atoms with Gasteiger partial charge in [0.2, 0.25) is 0 Å². The van der Waals surface area contributed by atoms with E-state index in [2.05, 4.69) is 124 Å². The van der Waals surface area contributed by atoms with Crippen molar-refractivity contribution in [2.45, 2.75) is 258 Å². The first-order chi connectivity index (χ1) is 34.0. The summed E-state index contributed by atoms with van der Waals surface area (Å²) in [5.41, 5.74) is 0. The molecule has 6 nitrogen and oxygen atoms in total. The van der Waals surface area contributed by atoms with Crippen LogP contribution < -0.4 is 0 Å². The number of ether oxygens (including phenoxy) is 3. The first-order valence-electron chi connectivity index (χ1n) is 28.4. The van der Waals surface area contributed by atoms with Crippen molar-refractivity contribution in [3.8, 4) is 0 Å². The molecular weight excluding hydrogens is 853 g/mol. The molecule has 0 aliphatic rings. The number of esters is 3. The molecule has 0 aromatic rings. The third-order valence-electron chi connectivity index (χ3n) is 11.8. The molecule has 0 aromatic heterocycles. The van der Waals surface area contributed by atoms with E-state index in [1.807, 2.05) is 6.08 Å². The SMILES string of the molecule is CCCCC/C=C\C/C=C\C/C=C\C/C=C\C/C=C\CCC(=O)OC[C@H](COC(=O)CCCCCCCCCCCCCCCCC)OC(=O)CCC/C=C\C/C=C\C/C=C\C/C=C\CCCCC. The minimum atomic E-state index is -0.837. The molecule has 6 heteroatoms. The lowest BCUT2D eigenvalue weighted by molar-refractivity contribution is -0.166. The Hall–Kier alpha value is -3.93. The van der Waals surface area contributed by atoms with E-state index in [0.717, 1.165) is 70.6 Å². The predicted octanol–water partition coefficient (Wildman–Crippen LogP) is 19.1. The van der Waals surface area contributed by atoms with E-state index in [-0.39, 0.29) is 44.0 Å². The summed E-state index contributed by atoms with van der Waals surface area (Å²) in [5, 5.41) is 0. The Labute approximate surface area is 425 Å². The topological polar surface area (TPSA) is 78.9 Å². The normalized spacial score (nSPS) is 12.9. The van der Waals surface area contributed by atoms with Crippen LogP contribution >= 0.6 is 0 Å². The fraction of sp³-hybridized carbons (Fsp3) is 0.667.